The van der Waals surface area contributed by atoms with Crippen LogP contribution in [-0.4, -0.2) is 31.7 Å². The van der Waals surface area contributed by atoms with E-state index in [1.165, 1.54) is 120 Å². The zero-order chi connectivity index (χ0) is 55.2. The van der Waals surface area contributed by atoms with Crippen LogP contribution in [0.3, 0.4) is 0 Å². The smallest absolute Gasteiger partial charge is 0.155 e. The van der Waals surface area contributed by atoms with Crippen LogP contribution < -0.4 is 0 Å². The second-order valence-corrected chi connectivity index (χ2v) is 24.9. The molecule has 406 valence electrons. The Labute approximate surface area is 489 Å². The molecular formula is C66H76Ir2N2O4S2-2. The van der Waals surface area contributed by atoms with E-state index in [1.54, 1.807) is 0 Å². The van der Waals surface area contributed by atoms with Gasteiger partial charge >= 0.3 is 0 Å². The first kappa shape index (κ1) is 65.1. The maximum atomic E-state index is 10.0. The van der Waals surface area contributed by atoms with Gasteiger partial charge in [-0.1, -0.05) is 120 Å². The molecule has 0 unspecified atom stereocenters. The molecule has 6 nitrogen and oxygen atoms in total. The van der Waals surface area contributed by atoms with Gasteiger partial charge in [-0.2, -0.15) is 0 Å². The molecule has 0 bridgehead atoms. The number of aryl methyl sites for hydroxylation is 6. The minimum Gasteiger partial charge on any atom is -0.512 e. The summed E-state index contributed by atoms with van der Waals surface area (Å²) in [5, 5.41) is 19.1. The summed E-state index contributed by atoms with van der Waals surface area (Å²) in [5.74, 6) is -0.125. The number of hydrogen-bond acceptors (Lipinski definition) is 8. The molecule has 8 rings (SSSR count). The second-order valence-electron chi connectivity index (χ2n) is 22.8. The molecule has 10 heteroatoms. The van der Waals surface area contributed by atoms with Crippen molar-refractivity contribution in [3.05, 3.63) is 177 Å². The first-order chi connectivity index (χ1) is 34.3. The van der Waals surface area contributed by atoms with Gasteiger partial charge in [0.25, 0.3) is 0 Å². The predicted molar refractivity (Wildman–Crippen MR) is 317 cm³/mol. The van der Waals surface area contributed by atoms with Crippen molar-refractivity contribution in [2.75, 3.05) is 0 Å². The molecule has 0 aliphatic carbocycles. The van der Waals surface area contributed by atoms with E-state index in [-0.39, 0.29) is 79.5 Å². The summed E-state index contributed by atoms with van der Waals surface area (Å²) in [4.78, 5) is 32.1. The summed E-state index contributed by atoms with van der Waals surface area (Å²) in [5.41, 5.74) is 18.8. The molecule has 4 aromatic heterocycles. The SMILES string of the molecule is CC(=O)C=C(C)O.CC(=O)C=C(C)O.Cc1[c-]c(-c2cc3sc(-c4c(C)cc(C(C)(C)C)cc4C)cc3cn2)cc(C)c1.Cc1[c-]c(-c2cc3sc(-c4cc(C(C)(C)C)cc(C(C)(C)C)c4)cc3cn2)cc(C)c1.[Ir].[Ir]. The number of nitrogens with zero attached hydrogens (tertiary/aromatic N) is 2. The largest absolute Gasteiger partial charge is 0.512 e. The molecule has 76 heavy (non-hydrogen) atoms. The molecule has 4 heterocycles. The van der Waals surface area contributed by atoms with Gasteiger partial charge in [0.15, 0.2) is 11.6 Å². The summed E-state index contributed by atoms with van der Waals surface area (Å²) in [6.45, 7) is 39.2. The number of allylic oxidation sites excluding steroid dienone is 4. The van der Waals surface area contributed by atoms with Gasteiger partial charge in [-0.3, -0.25) is 9.59 Å². The number of carbonyl (C=O) groups excluding carboxylic acids is 2. The van der Waals surface area contributed by atoms with E-state index in [9.17, 15) is 9.59 Å². The Morgan fingerprint density at radius 1 is 0.487 bits per heavy atom. The number of aromatic nitrogens is 2. The fourth-order valence-corrected chi connectivity index (χ4v) is 10.8. The molecule has 0 spiro atoms. The van der Waals surface area contributed by atoms with E-state index < -0.39 is 0 Å². The summed E-state index contributed by atoms with van der Waals surface area (Å²) in [6.07, 6.45) is 6.35. The number of pyridine rings is 2. The predicted octanol–water partition coefficient (Wildman–Crippen LogP) is 18.7. The first-order valence-corrected chi connectivity index (χ1v) is 26.8. The zero-order valence-electron chi connectivity index (χ0n) is 47.9. The van der Waals surface area contributed by atoms with Gasteiger partial charge in [0.2, 0.25) is 0 Å². The Bertz CT molecular complexity index is 3280. The summed E-state index contributed by atoms with van der Waals surface area (Å²) in [6, 6.07) is 36.3. The standard InChI is InChI=1S/C29H32NS.C27H28NS.2C5H8O2.2Ir/c1-18-9-19(2)11-20(10-18)25-16-27-22(17-30-25)14-26(31-27)21-12-23(28(3,4)5)15-24(13-21)29(6,7)8;1-16-8-17(2)10-20(9-16)23-14-24-21(15-28-23)13-25(29-24)26-18(3)11-22(12-19(26)4)27(5,6)7;2*1-4(6)3-5(2)7;;/h9-10,12-17H,1-8H3;8-9,11-15H,1-7H3;2*3,6H,1-2H3;;/q2*-1;;;;. The number of fused-ring (bicyclic) bond motifs is 2. The average Bonchev–Trinajstić information content (AvgIpc) is 3.88. The molecule has 0 saturated carbocycles. The monoisotopic (exact) mass is 1410 g/mol. The maximum Gasteiger partial charge on any atom is 0.155 e. The van der Waals surface area contributed by atoms with Crippen molar-refractivity contribution in [3.63, 3.8) is 0 Å². The molecule has 0 saturated heterocycles. The van der Waals surface area contributed by atoms with Gasteiger partial charge in [0.05, 0.1) is 11.5 Å². The number of aliphatic hydroxyl groups is 2. The van der Waals surface area contributed by atoms with E-state index >= 15 is 0 Å². The fourth-order valence-electron chi connectivity index (χ4n) is 8.50. The average molecular weight is 1410 g/mol. The topological polar surface area (TPSA) is 100 Å². The van der Waals surface area contributed by atoms with Crippen LogP contribution >= 0.6 is 22.7 Å². The number of carbonyl (C=O) groups is 2. The third kappa shape index (κ3) is 18.5. The number of aliphatic hydroxyl groups excluding tert-OH is 2. The van der Waals surface area contributed by atoms with Crippen molar-refractivity contribution < 1.29 is 60.0 Å². The molecule has 0 aliphatic heterocycles. The summed E-state index contributed by atoms with van der Waals surface area (Å²) < 4.78 is 2.54. The number of ketones is 2. The van der Waals surface area contributed by atoms with Gasteiger partial charge in [0, 0.05) is 94.7 Å². The summed E-state index contributed by atoms with van der Waals surface area (Å²) in [7, 11) is 0. The van der Waals surface area contributed by atoms with Gasteiger partial charge in [-0.05, 0) is 132 Å². The van der Waals surface area contributed by atoms with Crippen LogP contribution in [-0.2, 0) is 66.0 Å². The van der Waals surface area contributed by atoms with Crippen molar-refractivity contribution in [3.8, 4) is 43.4 Å². The van der Waals surface area contributed by atoms with E-state index in [4.69, 9.17) is 20.2 Å². The molecular weight excluding hydrogens is 1330 g/mol. The number of benzene rings is 4. The van der Waals surface area contributed by atoms with Crippen molar-refractivity contribution in [1.82, 2.24) is 9.97 Å². The molecule has 2 N–H and O–H groups in total. The molecule has 0 atom stereocenters. The Hall–Kier alpha value is -5.18. The summed E-state index contributed by atoms with van der Waals surface area (Å²) >= 11 is 3.71. The van der Waals surface area contributed by atoms with Crippen molar-refractivity contribution in [1.29, 1.82) is 0 Å². The third-order valence-corrected chi connectivity index (χ3v) is 14.3. The quantitative estimate of drug-likeness (QED) is 0.0977. The molecule has 0 aliphatic rings. The van der Waals surface area contributed by atoms with Crippen LogP contribution in [0.25, 0.3) is 63.6 Å². The molecule has 2 radical (unpaired) electrons. The van der Waals surface area contributed by atoms with Gasteiger partial charge < -0.3 is 20.2 Å². The van der Waals surface area contributed by atoms with Crippen LogP contribution in [0.1, 0.15) is 140 Å². The van der Waals surface area contributed by atoms with Gasteiger partial charge in [0.1, 0.15) is 0 Å². The zero-order valence-corrected chi connectivity index (χ0v) is 54.3. The Morgan fingerprint density at radius 2 is 0.842 bits per heavy atom. The fraction of sp³-hybridized carbons (Fsp3) is 0.333. The minimum atomic E-state index is -0.125. The Balaban J connectivity index is 0.000000314. The number of hydrogen-bond donors (Lipinski definition) is 2. The molecule has 0 fully saturated rings. The van der Waals surface area contributed by atoms with E-state index in [2.05, 4.69) is 195 Å². The number of rotatable bonds is 6. The van der Waals surface area contributed by atoms with Crippen LogP contribution in [0.4, 0.5) is 0 Å². The first-order valence-electron chi connectivity index (χ1n) is 25.1. The number of thiophene rings is 2. The Kier molecular flexibility index (Phi) is 23.1. The molecule has 8 aromatic rings. The van der Waals surface area contributed by atoms with Crippen LogP contribution in [0, 0.1) is 53.7 Å². The van der Waals surface area contributed by atoms with Crippen LogP contribution in [0.2, 0.25) is 0 Å². The van der Waals surface area contributed by atoms with Gasteiger partial charge in [-0.15, -0.1) is 92.5 Å². The van der Waals surface area contributed by atoms with E-state index in [1.807, 2.05) is 35.1 Å². The normalized spacial score (nSPS) is 11.8. The molecule has 4 aromatic carbocycles. The second kappa shape index (κ2) is 26.9. The third-order valence-electron chi connectivity index (χ3n) is 12.1. The van der Waals surface area contributed by atoms with E-state index in [0.717, 1.165) is 33.6 Å². The maximum absolute atomic E-state index is 10.0. The van der Waals surface area contributed by atoms with E-state index in [0.29, 0.717) is 0 Å². The molecule has 0 amide bonds. The van der Waals surface area contributed by atoms with Crippen molar-refractivity contribution in [2.45, 2.75) is 148 Å². The minimum absolute atomic E-state index is 0. The van der Waals surface area contributed by atoms with Crippen molar-refractivity contribution in [2.24, 2.45) is 0 Å². The van der Waals surface area contributed by atoms with Crippen molar-refractivity contribution >= 4 is 54.4 Å². The van der Waals surface area contributed by atoms with Crippen LogP contribution in [0.15, 0.2) is 115 Å². The Morgan fingerprint density at radius 3 is 1.17 bits per heavy atom. The van der Waals surface area contributed by atoms with Crippen LogP contribution in [0.5, 0.6) is 0 Å². The van der Waals surface area contributed by atoms with Gasteiger partial charge in [-0.25, -0.2) is 0 Å².